The molecule has 1 saturated heterocycles. The summed E-state index contributed by atoms with van der Waals surface area (Å²) in [5, 5.41) is 7.36. The molecule has 5 nitrogen and oxygen atoms in total. The van der Waals surface area contributed by atoms with E-state index in [1.54, 1.807) is 6.20 Å². The van der Waals surface area contributed by atoms with Crippen LogP contribution in [-0.4, -0.2) is 39.1 Å². The lowest BCUT2D eigenvalue weighted by Crippen LogP contribution is -2.37. The smallest absolute Gasteiger partial charge is 0.222 e. The third-order valence-corrected chi connectivity index (χ3v) is 4.54. The van der Waals surface area contributed by atoms with Gasteiger partial charge in [-0.15, -0.1) is 0 Å². The highest BCUT2D eigenvalue weighted by Crippen LogP contribution is 2.27. The molecule has 122 valence electrons. The van der Waals surface area contributed by atoms with Crippen LogP contribution in [0.2, 0.25) is 0 Å². The Morgan fingerprint density at radius 1 is 1.35 bits per heavy atom. The van der Waals surface area contributed by atoms with Gasteiger partial charge in [-0.1, -0.05) is 6.07 Å². The van der Waals surface area contributed by atoms with E-state index in [4.69, 9.17) is 0 Å². The third kappa shape index (κ3) is 4.18. The summed E-state index contributed by atoms with van der Waals surface area (Å²) < 4.78 is 0. The van der Waals surface area contributed by atoms with Crippen molar-refractivity contribution in [3.05, 3.63) is 47.5 Å². The molecule has 0 aliphatic carbocycles. The average Bonchev–Trinajstić information content (AvgIpc) is 3.02. The SMILES string of the molecule is Cc1cc(C2CCN(C(=O)CCCc3ccccn3)CC2)n[nH]1. The molecule has 1 fully saturated rings. The van der Waals surface area contributed by atoms with Crippen LogP contribution in [0.1, 0.15) is 48.7 Å². The molecule has 1 aliphatic rings. The highest BCUT2D eigenvalue weighted by atomic mass is 16.2. The van der Waals surface area contributed by atoms with Crippen molar-refractivity contribution >= 4 is 5.91 Å². The molecule has 0 unspecified atom stereocenters. The van der Waals surface area contributed by atoms with Crippen LogP contribution in [0.15, 0.2) is 30.5 Å². The lowest BCUT2D eigenvalue weighted by atomic mass is 9.93. The van der Waals surface area contributed by atoms with E-state index in [0.29, 0.717) is 12.3 Å². The number of aryl methyl sites for hydroxylation is 2. The van der Waals surface area contributed by atoms with Gasteiger partial charge in [0.25, 0.3) is 0 Å². The largest absolute Gasteiger partial charge is 0.343 e. The van der Waals surface area contributed by atoms with Gasteiger partial charge in [-0.3, -0.25) is 14.9 Å². The predicted molar refractivity (Wildman–Crippen MR) is 89.1 cm³/mol. The Labute approximate surface area is 137 Å². The quantitative estimate of drug-likeness (QED) is 0.923. The number of H-pyrrole nitrogens is 1. The van der Waals surface area contributed by atoms with Gasteiger partial charge in [0.1, 0.15) is 0 Å². The van der Waals surface area contributed by atoms with Gasteiger partial charge in [-0.25, -0.2) is 0 Å². The summed E-state index contributed by atoms with van der Waals surface area (Å²) in [7, 11) is 0. The van der Waals surface area contributed by atoms with Gasteiger partial charge in [0.05, 0.1) is 5.69 Å². The summed E-state index contributed by atoms with van der Waals surface area (Å²) in [6.45, 7) is 3.72. The van der Waals surface area contributed by atoms with Crippen LogP contribution in [0.5, 0.6) is 0 Å². The zero-order chi connectivity index (χ0) is 16.1. The summed E-state index contributed by atoms with van der Waals surface area (Å²) in [5.41, 5.74) is 3.31. The highest BCUT2D eigenvalue weighted by Gasteiger charge is 2.24. The molecule has 3 heterocycles. The van der Waals surface area contributed by atoms with Crippen molar-refractivity contribution in [1.29, 1.82) is 0 Å². The Bertz CT molecular complexity index is 629. The van der Waals surface area contributed by atoms with Crippen LogP contribution in [0.3, 0.4) is 0 Å². The first-order valence-electron chi connectivity index (χ1n) is 8.42. The van der Waals surface area contributed by atoms with Crippen molar-refractivity contribution in [2.75, 3.05) is 13.1 Å². The molecule has 5 heteroatoms. The lowest BCUT2D eigenvalue weighted by molar-refractivity contribution is -0.132. The molecule has 0 bridgehead atoms. The lowest BCUT2D eigenvalue weighted by Gasteiger charge is -2.31. The first-order chi connectivity index (χ1) is 11.2. The van der Waals surface area contributed by atoms with Gasteiger partial charge < -0.3 is 4.90 Å². The highest BCUT2D eigenvalue weighted by molar-refractivity contribution is 5.76. The van der Waals surface area contributed by atoms with Crippen molar-refractivity contribution in [3.8, 4) is 0 Å². The number of hydrogen-bond acceptors (Lipinski definition) is 3. The summed E-state index contributed by atoms with van der Waals surface area (Å²) in [4.78, 5) is 18.6. The van der Waals surface area contributed by atoms with Gasteiger partial charge in [0.15, 0.2) is 0 Å². The number of rotatable bonds is 5. The molecule has 1 N–H and O–H groups in total. The number of aromatic amines is 1. The zero-order valence-electron chi connectivity index (χ0n) is 13.7. The molecule has 0 atom stereocenters. The molecule has 2 aromatic heterocycles. The van der Waals surface area contributed by atoms with Gasteiger partial charge in [0, 0.05) is 43.0 Å². The maximum Gasteiger partial charge on any atom is 0.222 e. The number of nitrogens with zero attached hydrogens (tertiary/aromatic N) is 3. The summed E-state index contributed by atoms with van der Waals surface area (Å²) in [6.07, 6.45) is 6.18. The third-order valence-electron chi connectivity index (χ3n) is 4.54. The van der Waals surface area contributed by atoms with E-state index < -0.39 is 0 Å². The van der Waals surface area contributed by atoms with Crippen molar-refractivity contribution in [2.24, 2.45) is 0 Å². The first-order valence-corrected chi connectivity index (χ1v) is 8.42. The topological polar surface area (TPSA) is 61.9 Å². The molecular formula is C18H24N4O. The fourth-order valence-corrected chi connectivity index (χ4v) is 3.20. The maximum atomic E-state index is 12.3. The minimum atomic E-state index is 0.276. The Kier molecular flexibility index (Phi) is 5.05. The van der Waals surface area contributed by atoms with Gasteiger partial charge >= 0.3 is 0 Å². The van der Waals surface area contributed by atoms with Crippen LogP contribution in [0.25, 0.3) is 0 Å². The van der Waals surface area contributed by atoms with Crippen molar-refractivity contribution < 1.29 is 4.79 Å². The second kappa shape index (κ2) is 7.40. The monoisotopic (exact) mass is 312 g/mol. The van der Waals surface area contributed by atoms with E-state index in [-0.39, 0.29) is 5.91 Å². The van der Waals surface area contributed by atoms with Crippen molar-refractivity contribution in [1.82, 2.24) is 20.1 Å². The van der Waals surface area contributed by atoms with E-state index in [2.05, 4.69) is 21.2 Å². The zero-order valence-corrected chi connectivity index (χ0v) is 13.7. The second-order valence-corrected chi connectivity index (χ2v) is 6.31. The van der Waals surface area contributed by atoms with E-state index in [1.807, 2.05) is 30.0 Å². The number of nitrogens with one attached hydrogen (secondary N) is 1. The Morgan fingerprint density at radius 2 is 2.17 bits per heavy atom. The number of aromatic nitrogens is 3. The van der Waals surface area contributed by atoms with E-state index in [0.717, 1.165) is 55.9 Å². The minimum Gasteiger partial charge on any atom is -0.343 e. The molecule has 0 radical (unpaired) electrons. The molecular weight excluding hydrogens is 288 g/mol. The van der Waals surface area contributed by atoms with Crippen LogP contribution in [-0.2, 0) is 11.2 Å². The number of amides is 1. The standard InChI is InChI=1S/C18H24N4O/c1-14-13-17(21-20-14)15-8-11-22(12-9-15)18(23)7-4-6-16-5-2-3-10-19-16/h2-3,5,10,13,15H,4,6-9,11-12H2,1H3,(H,20,21). The van der Waals surface area contributed by atoms with E-state index in [9.17, 15) is 4.79 Å². The first kappa shape index (κ1) is 15.7. The number of likely N-dealkylation sites (tertiary alicyclic amines) is 1. The molecule has 0 aromatic carbocycles. The molecule has 1 amide bonds. The summed E-state index contributed by atoms with van der Waals surface area (Å²) in [6, 6.07) is 8.04. The van der Waals surface area contributed by atoms with Crippen molar-refractivity contribution in [2.45, 2.75) is 44.9 Å². The Morgan fingerprint density at radius 3 is 2.83 bits per heavy atom. The van der Waals surface area contributed by atoms with E-state index in [1.165, 1.54) is 0 Å². The number of pyridine rings is 1. The fourth-order valence-electron chi connectivity index (χ4n) is 3.20. The number of carbonyl (C=O) groups excluding carboxylic acids is 1. The number of carbonyl (C=O) groups is 1. The van der Waals surface area contributed by atoms with Crippen LogP contribution < -0.4 is 0 Å². The van der Waals surface area contributed by atoms with Gasteiger partial charge in [-0.05, 0) is 50.8 Å². The molecule has 0 saturated carbocycles. The maximum absolute atomic E-state index is 12.3. The van der Waals surface area contributed by atoms with Crippen molar-refractivity contribution in [3.63, 3.8) is 0 Å². The van der Waals surface area contributed by atoms with Crippen LogP contribution in [0.4, 0.5) is 0 Å². The fraction of sp³-hybridized carbons (Fsp3) is 0.500. The van der Waals surface area contributed by atoms with Crippen LogP contribution in [0, 0.1) is 6.92 Å². The predicted octanol–water partition coefficient (Wildman–Crippen LogP) is 2.84. The molecule has 3 rings (SSSR count). The molecule has 0 spiro atoms. The average molecular weight is 312 g/mol. The molecule has 23 heavy (non-hydrogen) atoms. The van der Waals surface area contributed by atoms with Gasteiger partial charge in [0.2, 0.25) is 5.91 Å². The summed E-state index contributed by atoms with van der Waals surface area (Å²) >= 11 is 0. The van der Waals surface area contributed by atoms with Gasteiger partial charge in [-0.2, -0.15) is 5.10 Å². The number of piperidine rings is 1. The number of hydrogen-bond donors (Lipinski definition) is 1. The Hall–Kier alpha value is -2.17. The summed E-state index contributed by atoms with van der Waals surface area (Å²) in [5.74, 6) is 0.759. The minimum absolute atomic E-state index is 0.276. The van der Waals surface area contributed by atoms with Crippen LogP contribution >= 0.6 is 0 Å². The second-order valence-electron chi connectivity index (χ2n) is 6.31. The van der Waals surface area contributed by atoms with E-state index >= 15 is 0 Å². The molecule has 2 aromatic rings. The molecule has 1 aliphatic heterocycles. The normalized spacial score (nSPS) is 15.8. The Balaban J connectivity index is 1.41.